The maximum atomic E-state index is 12.2. The number of hydrogen-bond donors (Lipinski definition) is 1. The van der Waals surface area contributed by atoms with Crippen LogP contribution < -0.4 is 15.0 Å². The van der Waals surface area contributed by atoms with E-state index in [1.165, 1.54) is 5.69 Å². The predicted molar refractivity (Wildman–Crippen MR) is 101 cm³/mol. The predicted octanol–water partition coefficient (Wildman–Crippen LogP) is 2.85. The summed E-state index contributed by atoms with van der Waals surface area (Å²) in [5, 5.41) is 2.93. The number of benzene rings is 2. The van der Waals surface area contributed by atoms with Crippen molar-refractivity contribution in [3.8, 4) is 5.75 Å². The summed E-state index contributed by atoms with van der Waals surface area (Å²) < 4.78 is 5.26. The molecule has 5 nitrogen and oxygen atoms in total. The van der Waals surface area contributed by atoms with E-state index in [0.29, 0.717) is 12.2 Å². The van der Waals surface area contributed by atoms with Crippen molar-refractivity contribution in [2.75, 3.05) is 50.1 Å². The first-order valence-corrected chi connectivity index (χ1v) is 8.71. The van der Waals surface area contributed by atoms with E-state index in [2.05, 4.69) is 39.4 Å². The number of ether oxygens (including phenoxy) is 1. The summed E-state index contributed by atoms with van der Waals surface area (Å²) in [7, 11) is 1.61. The molecule has 0 bridgehead atoms. The number of carbonyl (C=O) groups is 1. The fourth-order valence-corrected chi connectivity index (χ4v) is 3.09. The van der Waals surface area contributed by atoms with E-state index in [9.17, 15) is 4.79 Å². The fourth-order valence-electron chi connectivity index (χ4n) is 3.09. The lowest BCUT2D eigenvalue weighted by molar-refractivity contribution is -0.116. The number of para-hydroxylation sites is 3. The van der Waals surface area contributed by atoms with Gasteiger partial charge in [0.2, 0.25) is 5.91 Å². The molecule has 2 aromatic carbocycles. The van der Waals surface area contributed by atoms with Crippen molar-refractivity contribution in [3.63, 3.8) is 0 Å². The lowest BCUT2D eigenvalue weighted by atomic mass is 10.2. The highest BCUT2D eigenvalue weighted by Gasteiger charge is 2.17. The van der Waals surface area contributed by atoms with Gasteiger partial charge in [0.1, 0.15) is 5.75 Å². The van der Waals surface area contributed by atoms with Crippen molar-refractivity contribution in [3.05, 3.63) is 54.6 Å². The van der Waals surface area contributed by atoms with E-state index in [0.717, 1.165) is 38.4 Å². The van der Waals surface area contributed by atoms with Gasteiger partial charge in [-0.2, -0.15) is 0 Å². The van der Waals surface area contributed by atoms with Crippen molar-refractivity contribution >= 4 is 17.3 Å². The topological polar surface area (TPSA) is 44.8 Å². The van der Waals surface area contributed by atoms with Gasteiger partial charge in [0.25, 0.3) is 0 Å². The Morgan fingerprint density at radius 3 is 2.40 bits per heavy atom. The first kappa shape index (κ1) is 17.3. The molecule has 0 radical (unpaired) electrons. The molecule has 1 aliphatic rings. The van der Waals surface area contributed by atoms with Gasteiger partial charge in [-0.3, -0.25) is 9.69 Å². The Kier molecular flexibility index (Phi) is 5.90. The largest absolute Gasteiger partial charge is 0.495 e. The highest BCUT2D eigenvalue weighted by Crippen LogP contribution is 2.23. The van der Waals surface area contributed by atoms with Crippen LogP contribution in [0.5, 0.6) is 5.75 Å². The third kappa shape index (κ3) is 4.73. The van der Waals surface area contributed by atoms with Crippen molar-refractivity contribution in [2.24, 2.45) is 0 Å². The van der Waals surface area contributed by atoms with Crippen LogP contribution in [0.25, 0.3) is 0 Å². The Morgan fingerprint density at radius 1 is 1.00 bits per heavy atom. The Bertz CT molecular complexity index is 682. The van der Waals surface area contributed by atoms with Gasteiger partial charge in [-0.15, -0.1) is 0 Å². The number of carbonyl (C=O) groups excluding carboxylic acids is 1. The summed E-state index contributed by atoms with van der Waals surface area (Å²) in [6, 6.07) is 18.0. The zero-order chi connectivity index (χ0) is 17.5. The van der Waals surface area contributed by atoms with Crippen LogP contribution in [0.1, 0.15) is 6.42 Å². The minimum atomic E-state index is 0.0231. The summed E-state index contributed by atoms with van der Waals surface area (Å²) in [6.45, 7) is 4.74. The van der Waals surface area contributed by atoms with Crippen LogP contribution in [0.15, 0.2) is 54.6 Å². The Balaban J connectivity index is 1.43. The van der Waals surface area contributed by atoms with Crippen molar-refractivity contribution < 1.29 is 9.53 Å². The van der Waals surface area contributed by atoms with E-state index < -0.39 is 0 Å². The molecule has 1 heterocycles. The lowest BCUT2D eigenvalue weighted by Crippen LogP contribution is -2.47. The van der Waals surface area contributed by atoms with Crippen LogP contribution in [-0.4, -0.2) is 50.6 Å². The minimum Gasteiger partial charge on any atom is -0.495 e. The molecule has 1 aliphatic heterocycles. The molecule has 0 spiro atoms. The average Bonchev–Trinajstić information content (AvgIpc) is 2.68. The third-order valence-electron chi connectivity index (χ3n) is 4.53. The number of methoxy groups -OCH3 is 1. The van der Waals surface area contributed by atoms with Gasteiger partial charge in [0.05, 0.1) is 12.8 Å². The maximum Gasteiger partial charge on any atom is 0.225 e. The monoisotopic (exact) mass is 339 g/mol. The Hall–Kier alpha value is -2.53. The molecule has 0 unspecified atom stereocenters. The quantitative estimate of drug-likeness (QED) is 0.879. The third-order valence-corrected chi connectivity index (χ3v) is 4.53. The summed E-state index contributed by atoms with van der Waals surface area (Å²) in [5.74, 6) is 0.710. The van der Waals surface area contributed by atoms with E-state index in [1.54, 1.807) is 7.11 Å². The maximum absolute atomic E-state index is 12.2. The summed E-state index contributed by atoms with van der Waals surface area (Å²) in [6.07, 6.45) is 0.489. The van der Waals surface area contributed by atoms with Gasteiger partial charge in [-0.1, -0.05) is 30.3 Å². The first-order valence-electron chi connectivity index (χ1n) is 8.71. The summed E-state index contributed by atoms with van der Waals surface area (Å²) in [5.41, 5.74) is 2.00. The molecule has 0 aliphatic carbocycles. The number of hydrogen-bond acceptors (Lipinski definition) is 4. The zero-order valence-corrected chi connectivity index (χ0v) is 14.6. The van der Waals surface area contributed by atoms with E-state index in [1.807, 2.05) is 30.3 Å². The standard InChI is InChI=1S/C20H25N3O2/c1-25-19-10-6-5-9-18(19)21-20(24)11-12-22-13-15-23(16-14-22)17-7-3-2-4-8-17/h2-10H,11-16H2,1H3,(H,21,24). The summed E-state index contributed by atoms with van der Waals surface area (Å²) in [4.78, 5) is 16.9. The Labute approximate surface area is 149 Å². The molecule has 5 heteroatoms. The smallest absolute Gasteiger partial charge is 0.225 e. The van der Waals surface area contributed by atoms with Crippen LogP contribution in [0.3, 0.4) is 0 Å². The molecule has 1 N–H and O–H groups in total. The highest BCUT2D eigenvalue weighted by molar-refractivity contribution is 5.92. The summed E-state index contributed by atoms with van der Waals surface area (Å²) >= 11 is 0. The van der Waals surface area contributed by atoms with Gasteiger partial charge < -0.3 is 15.0 Å². The second-order valence-corrected chi connectivity index (χ2v) is 6.16. The molecular formula is C20H25N3O2. The van der Waals surface area contributed by atoms with Gasteiger partial charge in [-0.05, 0) is 24.3 Å². The second kappa shape index (κ2) is 8.53. The van der Waals surface area contributed by atoms with E-state index in [-0.39, 0.29) is 5.91 Å². The number of rotatable bonds is 6. The SMILES string of the molecule is COc1ccccc1NC(=O)CCN1CCN(c2ccccc2)CC1. The first-order chi connectivity index (χ1) is 12.3. The van der Waals surface area contributed by atoms with Crippen LogP contribution in [0.2, 0.25) is 0 Å². The van der Waals surface area contributed by atoms with Crippen LogP contribution >= 0.6 is 0 Å². The molecule has 1 saturated heterocycles. The minimum absolute atomic E-state index is 0.0231. The highest BCUT2D eigenvalue weighted by atomic mass is 16.5. The van der Waals surface area contributed by atoms with Crippen LogP contribution in [0.4, 0.5) is 11.4 Å². The molecule has 1 amide bonds. The van der Waals surface area contributed by atoms with Crippen LogP contribution in [0, 0.1) is 0 Å². The molecule has 25 heavy (non-hydrogen) atoms. The molecule has 3 rings (SSSR count). The molecule has 132 valence electrons. The molecule has 0 saturated carbocycles. The van der Waals surface area contributed by atoms with Crippen molar-refractivity contribution in [2.45, 2.75) is 6.42 Å². The fraction of sp³-hybridized carbons (Fsp3) is 0.350. The van der Waals surface area contributed by atoms with Crippen LogP contribution in [-0.2, 0) is 4.79 Å². The zero-order valence-electron chi connectivity index (χ0n) is 14.6. The number of piperazine rings is 1. The van der Waals surface area contributed by atoms with E-state index >= 15 is 0 Å². The number of amides is 1. The molecule has 2 aromatic rings. The molecule has 0 aromatic heterocycles. The molecule has 0 atom stereocenters. The normalized spacial score (nSPS) is 15.0. The van der Waals surface area contributed by atoms with Gasteiger partial charge in [0.15, 0.2) is 0 Å². The van der Waals surface area contributed by atoms with Crippen molar-refractivity contribution in [1.82, 2.24) is 4.90 Å². The van der Waals surface area contributed by atoms with Gasteiger partial charge >= 0.3 is 0 Å². The second-order valence-electron chi connectivity index (χ2n) is 6.16. The number of nitrogens with zero attached hydrogens (tertiary/aromatic N) is 2. The molecular weight excluding hydrogens is 314 g/mol. The van der Waals surface area contributed by atoms with Crippen molar-refractivity contribution in [1.29, 1.82) is 0 Å². The van der Waals surface area contributed by atoms with E-state index in [4.69, 9.17) is 4.74 Å². The number of anilines is 2. The van der Waals surface area contributed by atoms with Gasteiger partial charge in [-0.25, -0.2) is 0 Å². The Morgan fingerprint density at radius 2 is 1.68 bits per heavy atom. The number of nitrogens with one attached hydrogen (secondary N) is 1. The lowest BCUT2D eigenvalue weighted by Gasteiger charge is -2.36. The van der Waals surface area contributed by atoms with Gasteiger partial charge in [0, 0.05) is 44.8 Å². The molecule has 1 fully saturated rings. The average molecular weight is 339 g/mol.